The van der Waals surface area contributed by atoms with E-state index < -0.39 is 11.8 Å². The Bertz CT molecular complexity index is 1020. The molecule has 0 saturated carbocycles. The first-order valence-corrected chi connectivity index (χ1v) is 8.14. The van der Waals surface area contributed by atoms with Crippen LogP contribution in [0.1, 0.15) is 32.0 Å². The van der Waals surface area contributed by atoms with Crippen LogP contribution in [0.3, 0.4) is 0 Å². The summed E-state index contributed by atoms with van der Waals surface area (Å²) in [5.41, 5.74) is 7.16. The van der Waals surface area contributed by atoms with Gasteiger partial charge in [0.05, 0.1) is 26.9 Å². The van der Waals surface area contributed by atoms with Crippen molar-refractivity contribution in [3.8, 4) is 0 Å². The Balaban J connectivity index is 2.09. The fourth-order valence-corrected chi connectivity index (χ4v) is 3.15. The van der Waals surface area contributed by atoms with Crippen LogP contribution in [0.15, 0.2) is 34.7 Å². The lowest BCUT2D eigenvalue weighted by molar-refractivity contribution is 0.0977. The van der Waals surface area contributed by atoms with E-state index in [9.17, 15) is 9.59 Å². The molecule has 25 heavy (non-hydrogen) atoms. The van der Waals surface area contributed by atoms with E-state index in [1.54, 1.807) is 12.1 Å². The molecule has 0 atom stereocenters. The maximum atomic E-state index is 12.7. The van der Waals surface area contributed by atoms with Crippen molar-refractivity contribution < 1.29 is 14.0 Å². The van der Waals surface area contributed by atoms with Crippen molar-refractivity contribution in [1.29, 1.82) is 0 Å². The minimum Gasteiger partial charge on any atom is -0.459 e. The highest BCUT2D eigenvalue weighted by Gasteiger charge is 2.23. The molecule has 0 aliphatic rings. The lowest BCUT2D eigenvalue weighted by Gasteiger charge is -2.11. The van der Waals surface area contributed by atoms with Gasteiger partial charge in [0.1, 0.15) is 5.76 Å². The quantitative estimate of drug-likeness (QED) is 0.693. The summed E-state index contributed by atoms with van der Waals surface area (Å²) in [5, 5.41) is 3.75. The van der Waals surface area contributed by atoms with Gasteiger partial charge in [0, 0.05) is 5.39 Å². The molecular formula is C18H14Cl2N2O3. The van der Waals surface area contributed by atoms with E-state index in [4.69, 9.17) is 33.4 Å². The Morgan fingerprint density at radius 1 is 1.04 bits per heavy atom. The largest absolute Gasteiger partial charge is 0.459 e. The van der Waals surface area contributed by atoms with Crippen LogP contribution in [0.5, 0.6) is 0 Å². The number of carbonyl (C=O) groups excluding carboxylic acids is 2. The number of carbonyl (C=O) groups is 2. The molecule has 3 aromatic rings. The van der Waals surface area contributed by atoms with Crippen LogP contribution in [0.4, 0.5) is 5.69 Å². The highest BCUT2D eigenvalue weighted by molar-refractivity contribution is 6.39. The average molecular weight is 377 g/mol. The van der Waals surface area contributed by atoms with Gasteiger partial charge in [0.2, 0.25) is 0 Å². The van der Waals surface area contributed by atoms with Crippen molar-refractivity contribution in [3.05, 3.63) is 62.8 Å². The minimum atomic E-state index is -0.833. The first-order valence-electron chi connectivity index (χ1n) is 7.39. The zero-order valence-corrected chi connectivity index (χ0v) is 15.0. The number of hydrogen-bond acceptors (Lipinski definition) is 3. The van der Waals surface area contributed by atoms with Crippen molar-refractivity contribution in [1.82, 2.24) is 0 Å². The van der Waals surface area contributed by atoms with E-state index in [0.29, 0.717) is 11.3 Å². The SMILES string of the molecule is Cc1oc2c(NC(=O)c3c(Cl)ccc(Cl)c3C(N)=O)cccc2c1C. The molecule has 0 saturated heterocycles. The molecule has 0 fully saturated rings. The zero-order chi connectivity index (χ0) is 18.3. The molecule has 0 radical (unpaired) electrons. The molecule has 0 aliphatic carbocycles. The zero-order valence-electron chi connectivity index (χ0n) is 13.4. The predicted octanol–water partition coefficient (Wildman–Crippen LogP) is 4.71. The van der Waals surface area contributed by atoms with Crippen LogP contribution < -0.4 is 11.1 Å². The second kappa shape index (κ2) is 6.43. The van der Waals surface area contributed by atoms with Gasteiger partial charge in [-0.25, -0.2) is 0 Å². The van der Waals surface area contributed by atoms with Crippen molar-refractivity contribution in [2.75, 3.05) is 5.32 Å². The fraction of sp³-hybridized carbons (Fsp3) is 0.111. The number of nitrogens with two attached hydrogens (primary N) is 1. The summed E-state index contributed by atoms with van der Waals surface area (Å²) in [6.45, 7) is 3.78. The van der Waals surface area contributed by atoms with Gasteiger partial charge in [0.15, 0.2) is 5.58 Å². The molecule has 5 nitrogen and oxygen atoms in total. The topological polar surface area (TPSA) is 85.3 Å². The number of rotatable bonds is 3. The third-order valence-electron chi connectivity index (χ3n) is 4.03. The molecule has 128 valence electrons. The summed E-state index contributed by atoms with van der Waals surface area (Å²) < 4.78 is 5.73. The van der Waals surface area contributed by atoms with E-state index in [0.717, 1.165) is 16.7 Å². The third kappa shape index (κ3) is 2.97. The van der Waals surface area contributed by atoms with Gasteiger partial charge in [-0.05, 0) is 37.6 Å². The van der Waals surface area contributed by atoms with Crippen LogP contribution >= 0.6 is 23.2 Å². The summed E-state index contributed by atoms with van der Waals surface area (Å²) in [6.07, 6.45) is 0. The molecule has 0 aliphatic heterocycles. The number of nitrogens with one attached hydrogen (secondary N) is 1. The van der Waals surface area contributed by atoms with Gasteiger partial charge in [0.25, 0.3) is 11.8 Å². The smallest absolute Gasteiger partial charge is 0.258 e. The summed E-state index contributed by atoms with van der Waals surface area (Å²) >= 11 is 12.1. The van der Waals surface area contributed by atoms with E-state index in [-0.39, 0.29) is 21.2 Å². The Morgan fingerprint density at radius 3 is 2.32 bits per heavy atom. The molecule has 1 aromatic heterocycles. The second-order valence-corrected chi connectivity index (χ2v) is 6.38. The predicted molar refractivity (Wildman–Crippen MR) is 98.6 cm³/mol. The number of amides is 2. The first-order chi connectivity index (χ1) is 11.8. The van der Waals surface area contributed by atoms with Crippen LogP contribution in [-0.4, -0.2) is 11.8 Å². The highest BCUT2D eigenvalue weighted by Crippen LogP contribution is 2.32. The highest BCUT2D eigenvalue weighted by atomic mass is 35.5. The monoisotopic (exact) mass is 376 g/mol. The van der Waals surface area contributed by atoms with Gasteiger partial charge < -0.3 is 15.5 Å². The van der Waals surface area contributed by atoms with Crippen LogP contribution in [0, 0.1) is 13.8 Å². The van der Waals surface area contributed by atoms with Gasteiger partial charge >= 0.3 is 0 Å². The van der Waals surface area contributed by atoms with Crippen LogP contribution in [-0.2, 0) is 0 Å². The number of hydrogen-bond donors (Lipinski definition) is 2. The Labute approximate surface area is 153 Å². The molecular weight excluding hydrogens is 363 g/mol. The standard InChI is InChI=1S/C18H14Cl2N2O3/c1-8-9(2)25-16-10(8)4-3-5-13(16)22-18(24)15-12(20)7-6-11(19)14(15)17(21)23/h3-7H,1-2H3,(H2,21,23)(H,22,24). The molecule has 7 heteroatoms. The maximum Gasteiger partial charge on any atom is 0.258 e. The van der Waals surface area contributed by atoms with E-state index in [1.807, 2.05) is 19.9 Å². The molecule has 1 heterocycles. The average Bonchev–Trinajstić information content (AvgIpc) is 2.85. The van der Waals surface area contributed by atoms with Crippen LogP contribution in [0.25, 0.3) is 11.0 Å². The van der Waals surface area contributed by atoms with E-state index >= 15 is 0 Å². The third-order valence-corrected chi connectivity index (χ3v) is 4.66. The van der Waals surface area contributed by atoms with Crippen LogP contribution in [0.2, 0.25) is 10.0 Å². The molecule has 0 spiro atoms. The van der Waals surface area contributed by atoms with Gasteiger partial charge in [-0.1, -0.05) is 35.3 Å². The molecule has 0 unspecified atom stereocenters. The van der Waals surface area contributed by atoms with Gasteiger partial charge in [-0.3, -0.25) is 9.59 Å². The van der Waals surface area contributed by atoms with Crippen molar-refractivity contribution >= 4 is 51.7 Å². The van der Waals surface area contributed by atoms with Crippen molar-refractivity contribution in [2.45, 2.75) is 13.8 Å². The number of aryl methyl sites for hydroxylation is 2. The summed E-state index contributed by atoms with van der Waals surface area (Å²) in [7, 11) is 0. The fourth-order valence-electron chi connectivity index (χ4n) is 2.66. The Hall–Kier alpha value is -2.50. The number of benzene rings is 2. The minimum absolute atomic E-state index is 0.0601. The number of anilines is 1. The van der Waals surface area contributed by atoms with Crippen molar-refractivity contribution in [2.24, 2.45) is 5.73 Å². The normalized spacial score (nSPS) is 10.9. The van der Waals surface area contributed by atoms with Crippen molar-refractivity contribution in [3.63, 3.8) is 0 Å². The molecule has 3 N–H and O–H groups in total. The molecule has 0 bridgehead atoms. The van der Waals surface area contributed by atoms with E-state index in [2.05, 4.69) is 5.32 Å². The van der Waals surface area contributed by atoms with Gasteiger partial charge in [-0.15, -0.1) is 0 Å². The lowest BCUT2D eigenvalue weighted by Crippen LogP contribution is -2.21. The molecule has 2 aromatic carbocycles. The first kappa shape index (κ1) is 17.3. The molecule has 3 rings (SSSR count). The number of fused-ring (bicyclic) bond motifs is 1. The Kier molecular flexibility index (Phi) is 4.45. The summed E-state index contributed by atoms with van der Waals surface area (Å²) in [5.74, 6) is -0.670. The second-order valence-electron chi connectivity index (χ2n) is 5.56. The van der Waals surface area contributed by atoms with Gasteiger partial charge in [-0.2, -0.15) is 0 Å². The van der Waals surface area contributed by atoms with E-state index in [1.165, 1.54) is 12.1 Å². The Morgan fingerprint density at radius 2 is 1.68 bits per heavy atom. The lowest BCUT2D eigenvalue weighted by atomic mass is 10.1. The maximum absolute atomic E-state index is 12.7. The summed E-state index contributed by atoms with van der Waals surface area (Å²) in [6, 6.07) is 8.26. The summed E-state index contributed by atoms with van der Waals surface area (Å²) in [4.78, 5) is 24.4. The number of para-hydroxylation sites is 1. The number of halogens is 2. The number of furan rings is 1. The number of primary amides is 1. The molecule has 2 amide bonds.